The molecule has 1 heterocycles. The Labute approximate surface area is 120 Å². The third kappa shape index (κ3) is 2.95. The molecule has 3 nitrogen and oxygen atoms in total. The van der Waals surface area contributed by atoms with Crippen LogP contribution in [0.15, 0.2) is 12.4 Å². The average Bonchev–Trinajstić information content (AvgIpc) is 2.84. The van der Waals surface area contributed by atoms with Crippen LogP contribution in [0.3, 0.4) is 0 Å². The molecule has 1 aromatic heterocycles. The lowest BCUT2D eigenvalue weighted by Gasteiger charge is -2.41. The maximum atomic E-state index is 9.35. The van der Waals surface area contributed by atoms with Crippen molar-refractivity contribution in [1.29, 1.82) is 5.26 Å². The lowest BCUT2D eigenvalue weighted by atomic mass is 9.66. The average molecular weight is 280 g/mol. The summed E-state index contributed by atoms with van der Waals surface area (Å²) >= 11 is 5.96. The fraction of sp³-hybridized carbons (Fsp3) is 0.733. The minimum Gasteiger partial charge on any atom is -0.267 e. The number of nitriles is 1. The molecule has 0 aromatic carbocycles. The van der Waals surface area contributed by atoms with Crippen molar-refractivity contribution < 1.29 is 0 Å². The molecule has 4 heteroatoms. The molecule has 19 heavy (non-hydrogen) atoms. The summed E-state index contributed by atoms with van der Waals surface area (Å²) < 4.78 is 1.90. The van der Waals surface area contributed by atoms with Gasteiger partial charge in [-0.2, -0.15) is 10.4 Å². The van der Waals surface area contributed by atoms with Gasteiger partial charge in [0.2, 0.25) is 0 Å². The van der Waals surface area contributed by atoms with E-state index in [2.05, 4.69) is 31.9 Å². The first-order chi connectivity index (χ1) is 8.97. The Balaban J connectivity index is 2.21. The molecule has 104 valence electrons. The summed E-state index contributed by atoms with van der Waals surface area (Å²) in [6, 6.07) is 2.62. The second kappa shape index (κ2) is 5.54. The summed E-state index contributed by atoms with van der Waals surface area (Å²) in [5.41, 5.74) is 0.329. The lowest BCUT2D eigenvalue weighted by Crippen LogP contribution is -2.34. The van der Waals surface area contributed by atoms with Crippen LogP contribution in [0.5, 0.6) is 0 Å². The second-order valence-electron chi connectivity index (χ2n) is 6.29. The second-order valence-corrected chi connectivity index (χ2v) is 6.73. The van der Waals surface area contributed by atoms with Crippen molar-refractivity contribution in [2.45, 2.75) is 52.5 Å². The zero-order valence-corrected chi connectivity index (χ0v) is 12.7. The van der Waals surface area contributed by atoms with Crippen LogP contribution in [0, 0.1) is 28.6 Å². The Kier molecular flexibility index (Phi) is 4.20. The SMILES string of the molecule is CCC(C)(C)C1CCC(C#N)C(n2cc(Cl)cn2)C1. The zero-order valence-electron chi connectivity index (χ0n) is 11.9. The maximum Gasteiger partial charge on any atom is 0.0785 e. The van der Waals surface area contributed by atoms with Gasteiger partial charge in [0.25, 0.3) is 0 Å². The molecule has 3 unspecified atom stereocenters. The zero-order chi connectivity index (χ0) is 14.0. The Morgan fingerprint density at radius 3 is 2.79 bits per heavy atom. The van der Waals surface area contributed by atoms with Gasteiger partial charge in [0, 0.05) is 6.20 Å². The van der Waals surface area contributed by atoms with Crippen molar-refractivity contribution in [3.8, 4) is 6.07 Å². The molecule has 0 N–H and O–H groups in total. The Morgan fingerprint density at radius 2 is 2.26 bits per heavy atom. The quantitative estimate of drug-likeness (QED) is 0.820. The molecule has 1 aliphatic carbocycles. The van der Waals surface area contributed by atoms with E-state index in [-0.39, 0.29) is 12.0 Å². The monoisotopic (exact) mass is 279 g/mol. The molecular weight excluding hydrogens is 258 g/mol. The van der Waals surface area contributed by atoms with Gasteiger partial charge >= 0.3 is 0 Å². The van der Waals surface area contributed by atoms with Gasteiger partial charge in [-0.25, -0.2) is 0 Å². The van der Waals surface area contributed by atoms with Gasteiger partial charge in [0.1, 0.15) is 0 Å². The number of rotatable bonds is 3. The summed E-state index contributed by atoms with van der Waals surface area (Å²) in [7, 11) is 0. The first kappa shape index (κ1) is 14.4. The highest BCUT2D eigenvalue weighted by atomic mass is 35.5. The molecule has 3 atom stereocenters. The maximum absolute atomic E-state index is 9.35. The van der Waals surface area contributed by atoms with Crippen LogP contribution in [0.2, 0.25) is 5.02 Å². The molecule has 0 radical (unpaired) electrons. The van der Waals surface area contributed by atoms with Crippen LogP contribution in [-0.4, -0.2) is 9.78 Å². The van der Waals surface area contributed by atoms with Crippen molar-refractivity contribution >= 4 is 11.6 Å². The van der Waals surface area contributed by atoms with Crippen molar-refractivity contribution in [3.63, 3.8) is 0 Å². The smallest absolute Gasteiger partial charge is 0.0785 e. The van der Waals surface area contributed by atoms with Crippen molar-refractivity contribution in [3.05, 3.63) is 17.4 Å². The molecule has 0 bridgehead atoms. The van der Waals surface area contributed by atoms with Crippen LogP contribution in [0.4, 0.5) is 0 Å². The van der Waals surface area contributed by atoms with E-state index in [9.17, 15) is 5.26 Å². The van der Waals surface area contributed by atoms with E-state index in [1.165, 1.54) is 6.42 Å². The minimum absolute atomic E-state index is 0.0554. The van der Waals surface area contributed by atoms with E-state index >= 15 is 0 Å². The molecule has 1 aromatic rings. The largest absolute Gasteiger partial charge is 0.267 e. The predicted molar refractivity (Wildman–Crippen MR) is 76.8 cm³/mol. The normalized spacial score (nSPS) is 28.1. The molecule has 0 saturated heterocycles. The summed E-state index contributed by atoms with van der Waals surface area (Å²) in [6.45, 7) is 6.91. The molecular formula is C15H22ClN3. The van der Waals surface area contributed by atoms with Crippen molar-refractivity contribution in [2.75, 3.05) is 0 Å². The summed E-state index contributed by atoms with van der Waals surface area (Å²) in [4.78, 5) is 0. The van der Waals surface area contributed by atoms with Crippen LogP contribution in [0.25, 0.3) is 0 Å². The Hall–Kier alpha value is -1.01. The van der Waals surface area contributed by atoms with Crippen LogP contribution in [-0.2, 0) is 0 Å². The summed E-state index contributed by atoms with van der Waals surface area (Å²) in [5, 5.41) is 14.3. The lowest BCUT2D eigenvalue weighted by molar-refractivity contribution is 0.0992. The van der Waals surface area contributed by atoms with Gasteiger partial charge in [-0.05, 0) is 30.6 Å². The molecule has 1 fully saturated rings. The number of nitrogens with zero attached hydrogens (tertiary/aromatic N) is 3. The van der Waals surface area contributed by atoms with Crippen LogP contribution < -0.4 is 0 Å². The molecule has 0 amide bonds. The summed E-state index contributed by atoms with van der Waals surface area (Å²) in [6.07, 6.45) is 7.80. The topological polar surface area (TPSA) is 41.6 Å². The Bertz CT molecular complexity index is 472. The third-order valence-electron chi connectivity index (χ3n) is 4.91. The van der Waals surface area contributed by atoms with Crippen molar-refractivity contribution in [1.82, 2.24) is 9.78 Å². The van der Waals surface area contributed by atoms with E-state index in [0.29, 0.717) is 16.4 Å². The third-order valence-corrected chi connectivity index (χ3v) is 5.10. The molecule has 2 rings (SSSR count). The summed E-state index contributed by atoms with van der Waals surface area (Å²) in [5.74, 6) is 0.704. The number of halogens is 1. The minimum atomic E-state index is 0.0554. The van der Waals surface area contributed by atoms with Gasteiger partial charge in [-0.1, -0.05) is 38.8 Å². The van der Waals surface area contributed by atoms with Gasteiger partial charge < -0.3 is 0 Å². The molecule has 0 aliphatic heterocycles. The van der Waals surface area contributed by atoms with E-state index in [1.807, 2.05) is 10.9 Å². The Morgan fingerprint density at radius 1 is 1.53 bits per heavy atom. The van der Waals surface area contributed by atoms with E-state index in [0.717, 1.165) is 19.3 Å². The van der Waals surface area contributed by atoms with Gasteiger partial charge in [-0.3, -0.25) is 4.68 Å². The molecule has 1 aliphatic rings. The molecule has 0 spiro atoms. The van der Waals surface area contributed by atoms with Gasteiger partial charge in [0.15, 0.2) is 0 Å². The van der Waals surface area contributed by atoms with Crippen molar-refractivity contribution in [2.24, 2.45) is 17.3 Å². The van der Waals surface area contributed by atoms with E-state index in [4.69, 9.17) is 11.6 Å². The number of hydrogen-bond donors (Lipinski definition) is 0. The van der Waals surface area contributed by atoms with Gasteiger partial charge in [-0.15, -0.1) is 0 Å². The highest BCUT2D eigenvalue weighted by molar-refractivity contribution is 6.30. The predicted octanol–water partition coefficient (Wildman–Crippen LogP) is 4.45. The first-order valence-corrected chi connectivity index (χ1v) is 7.45. The fourth-order valence-electron chi connectivity index (χ4n) is 3.08. The first-order valence-electron chi connectivity index (χ1n) is 7.07. The number of hydrogen-bond acceptors (Lipinski definition) is 2. The van der Waals surface area contributed by atoms with Crippen LogP contribution >= 0.6 is 11.6 Å². The van der Waals surface area contributed by atoms with Gasteiger partial charge in [0.05, 0.1) is 29.2 Å². The highest BCUT2D eigenvalue weighted by Gasteiger charge is 2.38. The standard InChI is InChI=1S/C15H22ClN3/c1-4-15(2,3)12-6-5-11(8-17)14(7-12)19-10-13(16)9-18-19/h9-12,14H,4-7H2,1-3H3. The fourth-order valence-corrected chi connectivity index (χ4v) is 3.23. The highest BCUT2D eigenvalue weighted by Crippen LogP contribution is 2.46. The molecule has 1 saturated carbocycles. The van der Waals surface area contributed by atoms with Crippen LogP contribution in [0.1, 0.15) is 52.5 Å². The van der Waals surface area contributed by atoms with E-state index < -0.39 is 0 Å². The number of aromatic nitrogens is 2. The van der Waals surface area contributed by atoms with E-state index in [1.54, 1.807) is 6.20 Å².